The standard InChI is InChI=1S/C18H14ClN5O3/c1-22-17(20-10-21-22)13-9-23-5-6-24(8-11-3-2-4-12(19)7-11)18(27)14(23)16(26)15(13)25/h2-7,9-10,26H,8H2,1H3. The first-order valence-electron chi connectivity index (χ1n) is 8.02. The molecule has 0 radical (unpaired) electrons. The maximum Gasteiger partial charge on any atom is 0.279 e. The molecule has 0 aliphatic rings. The van der Waals surface area contributed by atoms with E-state index in [9.17, 15) is 14.7 Å². The number of rotatable bonds is 3. The van der Waals surface area contributed by atoms with Crippen molar-refractivity contribution in [2.45, 2.75) is 6.54 Å². The number of nitrogens with zero attached hydrogens (tertiary/aromatic N) is 5. The van der Waals surface area contributed by atoms with Gasteiger partial charge in [0.05, 0.1) is 12.1 Å². The lowest BCUT2D eigenvalue weighted by Gasteiger charge is -2.11. The van der Waals surface area contributed by atoms with Crippen molar-refractivity contribution < 1.29 is 5.11 Å². The molecule has 0 saturated heterocycles. The highest BCUT2D eigenvalue weighted by molar-refractivity contribution is 6.30. The summed E-state index contributed by atoms with van der Waals surface area (Å²) in [4.78, 5) is 29.5. The Hall–Kier alpha value is -3.39. The lowest BCUT2D eigenvalue weighted by atomic mass is 10.2. The largest absolute Gasteiger partial charge is 0.503 e. The van der Waals surface area contributed by atoms with E-state index in [1.807, 2.05) is 6.07 Å². The summed E-state index contributed by atoms with van der Waals surface area (Å²) in [6.07, 6.45) is 5.96. The molecule has 0 atom stereocenters. The first-order valence-corrected chi connectivity index (χ1v) is 8.39. The van der Waals surface area contributed by atoms with E-state index in [0.29, 0.717) is 10.8 Å². The van der Waals surface area contributed by atoms with Crippen LogP contribution in [0.25, 0.3) is 16.9 Å². The second-order valence-corrected chi connectivity index (χ2v) is 6.48. The topological polar surface area (TPSA) is 94.4 Å². The van der Waals surface area contributed by atoms with Crippen LogP contribution in [0.4, 0.5) is 0 Å². The maximum absolute atomic E-state index is 12.8. The average molecular weight is 384 g/mol. The Morgan fingerprint density at radius 3 is 2.74 bits per heavy atom. The Morgan fingerprint density at radius 1 is 1.22 bits per heavy atom. The molecule has 0 fully saturated rings. The molecule has 0 saturated carbocycles. The molecule has 0 spiro atoms. The van der Waals surface area contributed by atoms with Crippen molar-refractivity contribution in [2.24, 2.45) is 7.05 Å². The van der Waals surface area contributed by atoms with E-state index in [2.05, 4.69) is 10.1 Å². The molecular weight excluding hydrogens is 370 g/mol. The third-order valence-corrected chi connectivity index (χ3v) is 4.51. The third-order valence-electron chi connectivity index (χ3n) is 4.28. The molecule has 0 unspecified atom stereocenters. The smallest absolute Gasteiger partial charge is 0.279 e. The minimum atomic E-state index is -0.677. The molecule has 136 valence electrons. The maximum atomic E-state index is 12.8. The molecule has 1 N–H and O–H groups in total. The number of hydrogen-bond acceptors (Lipinski definition) is 5. The lowest BCUT2D eigenvalue weighted by molar-refractivity contribution is 0.472. The highest BCUT2D eigenvalue weighted by Gasteiger charge is 2.18. The molecule has 0 bridgehead atoms. The van der Waals surface area contributed by atoms with Crippen molar-refractivity contribution in [3.63, 3.8) is 0 Å². The number of aryl methyl sites for hydroxylation is 1. The van der Waals surface area contributed by atoms with E-state index >= 15 is 0 Å². The number of benzene rings is 1. The van der Waals surface area contributed by atoms with Gasteiger partial charge in [-0.15, -0.1) is 0 Å². The van der Waals surface area contributed by atoms with Gasteiger partial charge in [-0.05, 0) is 17.7 Å². The summed E-state index contributed by atoms with van der Waals surface area (Å²) >= 11 is 5.99. The van der Waals surface area contributed by atoms with Gasteiger partial charge in [0, 0.05) is 30.7 Å². The summed E-state index contributed by atoms with van der Waals surface area (Å²) in [5.74, 6) is -0.325. The first kappa shape index (κ1) is 17.0. The van der Waals surface area contributed by atoms with Gasteiger partial charge in [-0.2, -0.15) is 5.10 Å². The Morgan fingerprint density at radius 2 is 2.04 bits per heavy atom. The third kappa shape index (κ3) is 2.89. The molecule has 3 heterocycles. The average Bonchev–Trinajstić information content (AvgIpc) is 3.06. The molecule has 27 heavy (non-hydrogen) atoms. The van der Waals surface area contributed by atoms with Gasteiger partial charge in [0.2, 0.25) is 5.43 Å². The Balaban J connectivity index is 1.89. The Kier molecular flexibility index (Phi) is 4.04. The SMILES string of the molecule is Cn1ncnc1-c1cn2ccn(Cc3cccc(Cl)c3)c(=O)c2c(O)c1=O. The fourth-order valence-electron chi connectivity index (χ4n) is 2.96. The predicted octanol–water partition coefficient (Wildman–Crippen LogP) is 1.66. The van der Waals surface area contributed by atoms with Crippen molar-refractivity contribution in [1.82, 2.24) is 23.7 Å². The van der Waals surface area contributed by atoms with Gasteiger partial charge >= 0.3 is 0 Å². The van der Waals surface area contributed by atoms with Crippen LogP contribution in [-0.2, 0) is 13.6 Å². The van der Waals surface area contributed by atoms with Gasteiger partial charge in [0.25, 0.3) is 5.56 Å². The quantitative estimate of drug-likeness (QED) is 0.580. The van der Waals surface area contributed by atoms with E-state index in [4.69, 9.17) is 11.6 Å². The Bertz CT molecular complexity index is 1290. The zero-order chi connectivity index (χ0) is 19.1. The summed E-state index contributed by atoms with van der Waals surface area (Å²) < 4.78 is 4.24. The fourth-order valence-corrected chi connectivity index (χ4v) is 3.17. The normalized spacial score (nSPS) is 11.2. The van der Waals surface area contributed by atoms with E-state index in [0.717, 1.165) is 5.56 Å². The van der Waals surface area contributed by atoms with Crippen molar-refractivity contribution in [3.05, 3.63) is 80.3 Å². The van der Waals surface area contributed by atoms with Gasteiger partial charge in [-0.1, -0.05) is 23.7 Å². The summed E-state index contributed by atoms with van der Waals surface area (Å²) in [6.45, 7) is 0.258. The van der Waals surface area contributed by atoms with E-state index in [1.54, 1.807) is 37.6 Å². The molecule has 4 rings (SSSR count). The summed E-state index contributed by atoms with van der Waals surface area (Å²) in [5, 5.41) is 14.9. The van der Waals surface area contributed by atoms with Crippen LogP contribution in [0.3, 0.4) is 0 Å². The molecule has 0 aliphatic heterocycles. The highest BCUT2D eigenvalue weighted by Crippen LogP contribution is 2.18. The van der Waals surface area contributed by atoms with Crippen LogP contribution in [0.2, 0.25) is 5.02 Å². The van der Waals surface area contributed by atoms with Crippen molar-refractivity contribution in [3.8, 4) is 17.1 Å². The molecule has 0 aliphatic carbocycles. The van der Waals surface area contributed by atoms with E-state index in [-0.39, 0.29) is 17.6 Å². The Labute approximate surface area is 157 Å². The summed E-state index contributed by atoms with van der Waals surface area (Å²) in [7, 11) is 1.64. The lowest BCUT2D eigenvalue weighted by Crippen LogP contribution is -2.25. The first-order chi connectivity index (χ1) is 13.0. The molecule has 3 aromatic heterocycles. The highest BCUT2D eigenvalue weighted by atomic mass is 35.5. The van der Waals surface area contributed by atoms with Gasteiger partial charge in [0.1, 0.15) is 6.33 Å². The number of halogens is 1. The molecule has 1 aromatic carbocycles. The van der Waals surface area contributed by atoms with Crippen LogP contribution in [0.5, 0.6) is 5.75 Å². The predicted molar refractivity (Wildman–Crippen MR) is 100 cm³/mol. The number of aromatic hydroxyl groups is 1. The molecule has 0 amide bonds. The van der Waals surface area contributed by atoms with E-state index in [1.165, 1.54) is 26.2 Å². The number of hydrogen-bond donors (Lipinski definition) is 1. The summed E-state index contributed by atoms with van der Waals surface area (Å²) in [5.41, 5.74) is -0.292. The van der Waals surface area contributed by atoms with Crippen molar-refractivity contribution >= 4 is 17.1 Å². The zero-order valence-electron chi connectivity index (χ0n) is 14.2. The molecule has 9 heteroatoms. The number of fused-ring (bicyclic) bond motifs is 1. The molecule has 8 nitrogen and oxygen atoms in total. The van der Waals surface area contributed by atoms with Crippen LogP contribution in [0, 0.1) is 0 Å². The number of pyridine rings is 1. The second-order valence-electron chi connectivity index (χ2n) is 6.04. The van der Waals surface area contributed by atoms with Gasteiger partial charge in [0.15, 0.2) is 17.1 Å². The minimum Gasteiger partial charge on any atom is -0.503 e. The fraction of sp³-hybridized carbons (Fsp3) is 0.111. The van der Waals surface area contributed by atoms with Crippen LogP contribution >= 0.6 is 11.6 Å². The van der Waals surface area contributed by atoms with Crippen molar-refractivity contribution in [2.75, 3.05) is 0 Å². The van der Waals surface area contributed by atoms with Gasteiger partial charge < -0.3 is 14.1 Å². The van der Waals surface area contributed by atoms with Crippen LogP contribution in [-0.4, -0.2) is 28.8 Å². The van der Waals surface area contributed by atoms with Crippen LogP contribution in [0.15, 0.2) is 58.8 Å². The number of aromatic nitrogens is 5. The van der Waals surface area contributed by atoms with Crippen LogP contribution < -0.4 is 11.0 Å². The van der Waals surface area contributed by atoms with E-state index < -0.39 is 16.7 Å². The second kappa shape index (κ2) is 6.40. The molecular formula is C18H14ClN5O3. The summed E-state index contributed by atoms with van der Waals surface area (Å²) in [6, 6.07) is 7.12. The van der Waals surface area contributed by atoms with Gasteiger partial charge in [-0.25, -0.2) is 9.67 Å². The van der Waals surface area contributed by atoms with Crippen LogP contribution in [0.1, 0.15) is 5.56 Å². The van der Waals surface area contributed by atoms with Crippen molar-refractivity contribution in [1.29, 1.82) is 0 Å². The zero-order valence-corrected chi connectivity index (χ0v) is 15.0. The monoisotopic (exact) mass is 383 g/mol. The minimum absolute atomic E-state index is 0.101. The van der Waals surface area contributed by atoms with Gasteiger partial charge in [-0.3, -0.25) is 9.59 Å². The molecule has 4 aromatic rings.